The van der Waals surface area contributed by atoms with Crippen LogP contribution in [0.25, 0.3) is 0 Å². The topological polar surface area (TPSA) is 58.6 Å². The van der Waals surface area contributed by atoms with E-state index in [0.717, 1.165) is 6.42 Å². The Bertz CT molecular complexity index is 310. The van der Waals surface area contributed by atoms with E-state index in [2.05, 4.69) is 5.32 Å². The molecule has 0 aliphatic carbocycles. The smallest absolute Gasteiger partial charge is 0.408 e. The second kappa shape index (κ2) is 7.36. The van der Waals surface area contributed by atoms with Gasteiger partial charge in [-0.15, -0.1) is 0 Å². The average Bonchev–Trinajstić information content (AvgIpc) is 2.30. The van der Waals surface area contributed by atoms with E-state index in [1.165, 1.54) is 0 Å². The minimum absolute atomic E-state index is 0.0639. The summed E-state index contributed by atoms with van der Waals surface area (Å²) in [5, 5.41) is 2.69. The number of carbonyl (C=O) groups is 2. The standard InChI is InChI=1S/C14H28N2O3/c1-8-10(3)11(12(17)16(7)9-2)15-13(18)19-14(4,5)6/h10-11H,8-9H2,1-7H3,(H,15,18). The van der Waals surface area contributed by atoms with E-state index in [0.29, 0.717) is 6.54 Å². The Balaban J connectivity index is 4.79. The van der Waals surface area contributed by atoms with Crippen molar-refractivity contribution in [1.82, 2.24) is 10.2 Å². The van der Waals surface area contributed by atoms with Crippen LogP contribution >= 0.6 is 0 Å². The number of hydrogen-bond donors (Lipinski definition) is 1. The Morgan fingerprint density at radius 1 is 1.26 bits per heavy atom. The van der Waals surface area contributed by atoms with Gasteiger partial charge in [0.25, 0.3) is 0 Å². The summed E-state index contributed by atoms with van der Waals surface area (Å²) in [5.74, 6) is -0.0169. The summed E-state index contributed by atoms with van der Waals surface area (Å²) in [5.41, 5.74) is -0.566. The molecule has 2 atom stereocenters. The number of likely N-dealkylation sites (N-methyl/N-ethyl adjacent to an activating group) is 1. The first-order valence-electron chi connectivity index (χ1n) is 6.86. The predicted molar refractivity (Wildman–Crippen MR) is 75.9 cm³/mol. The summed E-state index contributed by atoms with van der Waals surface area (Å²) in [6.45, 7) is 11.8. The fourth-order valence-corrected chi connectivity index (χ4v) is 1.51. The van der Waals surface area contributed by atoms with Gasteiger partial charge in [0.1, 0.15) is 11.6 Å². The fourth-order valence-electron chi connectivity index (χ4n) is 1.51. The molecule has 0 aromatic rings. The number of alkyl carbamates (subject to hydrolysis) is 1. The molecule has 0 spiro atoms. The van der Waals surface area contributed by atoms with Crippen molar-refractivity contribution in [2.75, 3.05) is 13.6 Å². The maximum absolute atomic E-state index is 12.2. The monoisotopic (exact) mass is 272 g/mol. The zero-order chi connectivity index (χ0) is 15.2. The van der Waals surface area contributed by atoms with Crippen LogP contribution in [0.15, 0.2) is 0 Å². The summed E-state index contributed by atoms with van der Waals surface area (Å²) in [6, 6.07) is -0.537. The summed E-state index contributed by atoms with van der Waals surface area (Å²) < 4.78 is 5.21. The van der Waals surface area contributed by atoms with Crippen LogP contribution in [0, 0.1) is 5.92 Å². The fraction of sp³-hybridized carbons (Fsp3) is 0.857. The van der Waals surface area contributed by atoms with Crippen molar-refractivity contribution in [1.29, 1.82) is 0 Å². The molecular formula is C14H28N2O3. The molecule has 2 unspecified atom stereocenters. The number of carbonyl (C=O) groups excluding carboxylic acids is 2. The summed E-state index contributed by atoms with van der Waals surface area (Å²) >= 11 is 0. The highest BCUT2D eigenvalue weighted by atomic mass is 16.6. The molecule has 0 bridgehead atoms. The van der Waals surface area contributed by atoms with Crippen LogP contribution in [0.2, 0.25) is 0 Å². The Morgan fingerprint density at radius 2 is 1.79 bits per heavy atom. The molecule has 5 nitrogen and oxygen atoms in total. The lowest BCUT2D eigenvalue weighted by molar-refractivity contribution is -0.133. The zero-order valence-electron chi connectivity index (χ0n) is 13.2. The van der Waals surface area contributed by atoms with E-state index in [9.17, 15) is 9.59 Å². The highest BCUT2D eigenvalue weighted by molar-refractivity contribution is 5.85. The van der Waals surface area contributed by atoms with Gasteiger partial charge in [-0.2, -0.15) is 0 Å². The normalized spacial score (nSPS) is 14.5. The Hall–Kier alpha value is -1.26. The van der Waals surface area contributed by atoms with Gasteiger partial charge in [-0.25, -0.2) is 4.79 Å². The molecule has 0 aliphatic rings. The van der Waals surface area contributed by atoms with Gasteiger partial charge in [-0.05, 0) is 33.6 Å². The van der Waals surface area contributed by atoms with Crippen LogP contribution in [-0.2, 0) is 9.53 Å². The highest BCUT2D eigenvalue weighted by Crippen LogP contribution is 2.12. The third-order valence-electron chi connectivity index (χ3n) is 3.00. The molecule has 5 heteroatoms. The van der Waals surface area contributed by atoms with E-state index >= 15 is 0 Å². The van der Waals surface area contributed by atoms with Crippen molar-refractivity contribution in [3.8, 4) is 0 Å². The lowest BCUT2D eigenvalue weighted by atomic mass is 9.98. The van der Waals surface area contributed by atoms with Crippen molar-refractivity contribution in [2.45, 2.75) is 59.6 Å². The molecule has 0 aromatic carbocycles. The van der Waals surface area contributed by atoms with Gasteiger partial charge >= 0.3 is 6.09 Å². The SMILES string of the molecule is CCC(C)C(NC(=O)OC(C)(C)C)C(=O)N(C)CC. The summed E-state index contributed by atoms with van der Waals surface area (Å²) in [6.07, 6.45) is 0.264. The predicted octanol–water partition coefficient (Wildman–Crippen LogP) is 2.40. The average molecular weight is 272 g/mol. The minimum Gasteiger partial charge on any atom is -0.444 e. The van der Waals surface area contributed by atoms with Gasteiger partial charge in [0.2, 0.25) is 5.91 Å². The molecule has 0 radical (unpaired) electrons. The van der Waals surface area contributed by atoms with Crippen LogP contribution in [0.1, 0.15) is 48.0 Å². The van der Waals surface area contributed by atoms with Crippen molar-refractivity contribution in [2.24, 2.45) is 5.92 Å². The maximum atomic E-state index is 12.2. The van der Waals surface area contributed by atoms with Gasteiger partial charge in [-0.1, -0.05) is 20.3 Å². The molecule has 0 heterocycles. The minimum atomic E-state index is -0.566. The molecule has 0 fully saturated rings. The Morgan fingerprint density at radius 3 is 2.16 bits per heavy atom. The Kier molecular flexibility index (Phi) is 6.87. The first-order valence-corrected chi connectivity index (χ1v) is 6.86. The van der Waals surface area contributed by atoms with Crippen LogP contribution in [0.3, 0.4) is 0 Å². The number of nitrogens with one attached hydrogen (secondary N) is 1. The lowest BCUT2D eigenvalue weighted by Crippen LogP contribution is -2.51. The van der Waals surface area contributed by atoms with Crippen LogP contribution in [0.5, 0.6) is 0 Å². The maximum Gasteiger partial charge on any atom is 0.408 e. The summed E-state index contributed by atoms with van der Waals surface area (Å²) in [7, 11) is 1.73. The van der Waals surface area contributed by atoms with Crippen molar-refractivity contribution in [3.05, 3.63) is 0 Å². The number of amides is 2. The van der Waals surface area contributed by atoms with E-state index in [-0.39, 0.29) is 11.8 Å². The van der Waals surface area contributed by atoms with E-state index in [1.807, 2.05) is 20.8 Å². The second-order valence-electron chi connectivity index (χ2n) is 5.86. The van der Waals surface area contributed by atoms with Crippen molar-refractivity contribution < 1.29 is 14.3 Å². The molecule has 0 aromatic heterocycles. The third kappa shape index (κ3) is 6.45. The van der Waals surface area contributed by atoms with Gasteiger partial charge in [0.05, 0.1) is 0 Å². The molecular weight excluding hydrogens is 244 g/mol. The van der Waals surface area contributed by atoms with Gasteiger partial charge in [-0.3, -0.25) is 4.79 Å². The molecule has 1 N–H and O–H groups in total. The molecule has 112 valence electrons. The third-order valence-corrected chi connectivity index (χ3v) is 3.00. The second-order valence-corrected chi connectivity index (χ2v) is 5.86. The molecule has 2 amide bonds. The number of rotatable bonds is 5. The number of nitrogens with zero attached hydrogens (tertiary/aromatic N) is 1. The van der Waals surface area contributed by atoms with Crippen LogP contribution in [0.4, 0.5) is 4.79 Å². The zero-order valence-corrected chi connectivity index (χ0v) is 13.2. The van der Waals surface area contributed by atoms with E-state index < -0.39 is 17.7 Å². The molecule has 0 rings (SSSR count). The molecule has 0 aliphatic heterocycles. The van der Waals surface area contributed by atoms with E-state index in [4.69, 9.17) is 4.74 Å². The number of ether oxygens (including phenoxy) is 1. The number of hydrogen-bond acceptors (Lipinski definition) is 3. The summed E-state index contributed by atoms with van der Waals surface area (Å²) in [4.78, 5) is 25.6. The van der Waals surface area contributed by atoms with Gasteiger partial charge < -0.3 is 15.0 Å². The van der Waals surface area contributed by atoms with Crippen LogP contribution < -0.4 is 5.32 Å². The van der Waals surface area contributed by atoms with E-state index in [1.54, 1.807) is 32.7 Å². The van der Waals surface area contributed by atoms with Crippen LogP contribution in [-0.4, -0.2) is 42.1 Å². The van der Waals surface area contributed by atoms with Crippen molar-refractivity contribution >= 4 is 12.0 Å². The molecule has 0 saturated heterocycles. The largest absolute Gasteiger partial charge is 0.444 e. The van der Waals surface area contributed by atoms with Gasteiger partial charge in [0.15, 0.2) is 0 Å². The first kappa shape index (κ1) is 17.7. The molecule has 19 heavy (non-hydrogen) atoms. The lowest BCUT2D eigenvalue weighted by Gasteiger charge is -2.29. The van der Waals surface area contributed by atoms with Crippen molar-refractivity contribution in [3.63, 3.8) is 0 Å². The first-order chi connectivity index (χ1) is 8.62. The molecule has 0 saturated carbocycles. The highest BCUT2D eigenvalue weighted by Gasteiger charge is 2.29. The van der Waals surface area contributed by atoms with Gasteiger partial charge in [0, 0.05) is 13.6 Å². The quantitative estimate of drug-likeness (QED) is 0.836. The Labute approximate surface area is 116 Å².